The summed E-state index contributed by atoms with van der Waals surface area (Å²) in [6, 6.07) is 5.82. The first-order valence-corrected chi connectivity index (χ1v) is 4.38. The lowest BCUT2D eigenvalue weighted by Crippen LogP contribution is -2.19. The van der Waals surface area contributed by atoms with Crippen LogP contribution in [-0.2, 0) is 9.63 Å². The van der Waals surface area contributed by atoms with Crippen LogP contribution in [0.2, 0.25) is 0 Å². The van der Waals surface area contributed by atoms with Crippen LogP contribution in [0, 0.1) is 5.82 Å². The molecule has 1 aromatic carbocycles. The van der Waals surface area contributed by atoms with Crippen molar-refractivity contribution < 1.29 is 19.1 Å². The molecule has 0 spiro atoms. The number of aliphatic carboxylic acids is 1. The zero-order chi connectivity index (χ0) is 10.8. The van der Waals surface area contributed by atoms with E-state index in [4.69, 9.17) is 5.11 Å². The summed E-state index contributed by atoms with van der Waals surface area (Å²) in [7, 11) is 0. The monoisotopic (exact) mass is 209 g/mol. The fraction of sp³-hybridized carbons (Fsp3) is 0.200. The van der Waals surface area contributed by atoms with Crippen molar-refractivity contribution in [2.24, 2.45) is 5.16 Å². The quantitative estimate of drug-likeness (QED) is 0.800. The average Bonchev–Trinajstić information content (AvgIpc) is 2.66. The molecule has 0 radical (unpaired) electrons. The topological polar surface area (TPSA) is 58.9 Å². The predicted molar refractivity (Wildman–Crippen MR) is 50.1 cm³/mol. The van der Waals surface area contributed by atoms with Crippen molar-refractivity contribution in [1.82, 2.24) is 0 Å². The maximum Gasteiger partial charge on any atom is 0.348 e. The van der Waals surface area contributed by atoms with Gasteiger partial charge in [-0.15, -0.1) is 0 Å². The summed E-state index contributed by atoms with van der Waals surface area (Å²) >= 11 is 0. The molecule has 1 heterocycles. The second-order valence-corrected chi connectivity index (χ2v) is 3.18. The van der Waals surface area contributed by atoms with Crippen LogP contribution in [0.3, 0.4) is 0 Å². The Balaban J connectivity index is 2.17. The van der Waals surface area contributed by atoms with E-state index in [2.05, 4.69) is 9.99 Å². The fourth-order valence-corrected chi connectivity index (χ4v) is 1.35. The molecule has 2 rings (SSSR count). The van der Waals surface area contributed by atoms with Crippen LogP contribution >= 0.6 is 0 Å². The van der Waals surface area contributed by atoms with Crippen LogP contribution in [0.15, 0.2) is 29.4 Å². The van der Waals surface area contributed by atoms with Gasteiger partial charge in [-0.05, 0) is 12.1 Å². The van der Waals surface area contributed by atoms with Gasteiger partial charge in [0.25, 0.3) is 0 Å². The molecule has 1 aromatic rings. The zero-order valence-electron chi connectivity index (χ0n) is 7.68. The molecule has 5 heteroatoms. The number of oxime groups is 1. The molecule has 0 unspecified atom stereocenters. The minimum Gasteiger partial charge on any atom is -0.478 e. The Hall–Kier alpha value is -1.91. The third-order valence-corrected chi connectivity index (χ3v) is 2.10. The van der Waals surface area contributed by atoms with Gasteiger partial charge in [0.2, 0.25) is 6.10 Å². The lowest BCUT2D eigenvalue weighted by molar-refractivity contribution is -0.148. The molecule has 0 saturated carbocycles. The number of hydrogen-bond donors (Lipinski definition) is 1. The first kappa shape index (κ1) is 9.64. The van der Waals surface area contributed by atoms with Crippen LogP contribution < -0.4 is 0 Å². The van der Waals surface area contributed by atoms with Gasteiger partial charge in [-0.2, -0.15) is 0 Å². The molecule has 1 aliphatic rings. The van der Waals surface area contributed by atoms with Crippen molar-refractivity contribution in [3.8, 4) is 0 Å². The summed E-state index contributed by atoms with van der Waals surface area (Å²) in [6.45, 7) is 0. The predicted octanol–water partition coefficient (Wildman–Crippen LogP) is 1.40. The van der Waals surface area contributed by atoms with Gasteiger partial charge in [-0.1, -0.05) is 17.3 Å². The highest BCUT2D eigenvalue weighted by atomic mass is 19.1. The minimum atomic E-state index is -1.06. The number of hydrogen-bond acceptors (Lipinski definition) is 3. The van der Waals surface area contributed by atoms with E-state index in [9.17, 15) is 9.18 Å². The van der Waals surface area contributed by atoms with Crippen molar-refractivity contribution in [2.75, 3.05) is 0 Å². The maximum absolute atomic E-state index is 12.9. The largest absolute Gasteiger partial charge is 0.478 e. The number of halogens is 1. The number of carboxylic acids is 1. The highest BCUT2D eigenvalue weighted by Gasteiger charge is 2.28. The Morgan fingerprint density at radius 1 is 1.60 bits per heavy atom. The molecular formula is C10H8FNO3. The molecule has 0 aliphatic carbocycles. The third-order valence-electron chi connectivity index (χ3n) is 2.10. The SMILES string of the molecule is O=C(O)[C@H]1CC(c2cccc(F)c2)=NO1. The molecule has 1 atom stereocenters. The van der Waals surface area contributed by atoms with Gasteiger partial charge in [0.15, 0.2) is 0 Å². The summed E-state index contributed by atoms with van der Waals surface area (Å²) in [5.41, 5.74) is 1.01. The molecule has 1 N–H and O–H groups in total. The Morgan fingerprint density at radius 3 is 3.00 bits per heavy atom. The molecule has 4 nitrogen and oxygen atoms in total. The van der Waals surface area contributed by atoms with Crippen LogP contribution in [0.5, 0.6) is 0 Å². The minimum absolute atomic E-state index is 0.165. The van der Waals surface area contributed by atoms with E-state index in [1.54, 1.807) is 12.1 Å². The molecule has 15 heavy (non-hydrogen) atoms. The summed E-state index contributed by atoms with van der Waals surface area (Å²) in [4.78, 5) is 15.3. The van der Waals surface area contributed by atoms with E-state index in [-0.39, 0.29) is 12.2 Å². The molecule has 0 amide bonds. The van der Waals surface area contributed by atoms with Crippen molar-refractivity contribution >= 4 is 11.7 Å². The first-order valence-electron chi connectivity index (χ1n) is 4.38. The lowest BCUT2D eigenvalue weighted by Gasteiger charge is -2.00. The Kier molecular flexibility index (Phi) is 2.37. The van der Waals surface area contributed by atoms with Gasteiger partial charge < -0.3 is 9.94 Å². The molecule has 0 fully saturated rings. The van der Waals surface area contributed by atoms with Crippen molar-refractivity contribution in [3.05, 3.63) is 35.6 Å². The molecule has 78 valence electrons. The van der Waals surface area contributed by atoms with E-state index < -0.39 is 12.1 Å². The smallest absolute Gasteiger partial charge is 0.348 e. The van der Waals surface area contributed by atoms with E-state index >= 15 is 0 Å². The highest BCUT2D eigenvalue weighted by Crippen LogP contribution is 2.17. The molecule has 0 aromatic heterocycles. The third kappa shape index (κ3) is 1.96. The van der Waals surface area contributed by atoms with Crippen LogP contribution in [0.25, 0.3) is 0 Å². The summed E-state index contributed by atoms with van der Waals surface area (Å²) in [6.07, 6.45) is -0.790. The molecule has 0 bridgehead atoms. The van der Waals surface area contributed by atoms with Crippen LogP contribution in [-0.4, -0.2) is 22.9 Å². The summed E-state index contributed by atoms with van der Waals surface area (Å²) < 4.78 is 12.9. The second kappa shape index (κ2) is 3.68. The zero-order valence-corrected chi connectivity index (χ0v) is 7.68. The number of carbonyl (C=O) groups is 1. The fourth-order valence-electron chi connectivity index (χ4n) is 1.35. The molecule has 0 saturated heterocycles. The van der Waals surface area contributed by atoms with E-state index in [0.717, 1.165) is 0 Å². The van der Waals surface area contributed by atoms with Crippen molar-refractivity contribution in [2.45, 2.75) is 12.5 Å². The van der Waals surface area contributed by atoms with E-state index in [1.807, 2.05) is 0 Å². The standard InChI is InChI=1S/C10H8FNO3/c11-7-3-1-2-6(4-7)8-5-9(10(13)14)15-12-8/h1-4,9H,5H2,(H,13,14)/t9-/m1/s1. The summed E-state index contributed by atoms with van der Waals surface area (Å²) in [5, 5.41) is 12.3. The van der Waals surface area contributed by atoms with Gasteiger partial charge >= 0.3 is 5.97 Å². The van der Waals surface area contributed by atoms with Gasteiger partial charge in [0.05, 0.1) is 5.71 Å². The van der Waals surface area contributed by atoms with Crippen molar-refractivity contribution in [1.29, 1.82) is 0 Å². The van der Waals surface area contributed by atoms with Gasteiger partial charge in [0.1, 0.15) is 5.82 Å². The Bertz CT molecular complexity index is 430. The number of rotatable bonds is 2. The number of carboxylic acid groups (broad SMARTS) is 1. The van der Waals surface area contributed by atoms with Crippen LogP contribution in [0.1, 0.15) is 12.0 Å². The second-order valence-electron chi connectivity index (χ2n) is 3.18. The van der Waals surface area contributed by atoms with E-state index in [0.29, 0.717) is 11.3 Å². The molecule has 1 aliphatic heterocycles. The normalized spacial score (nSPS) is 19.5. The van der Waals surface area contributed by atoms with Crippen molar-refractivity contribution in [3.63, 3.8) is 0 Å². The first-order chi connectivity index (χ1) is 7.16. The lowest BCUT2D eigenvalue weighted by atomic mass is 10.1. The highest BCUT2D eigenvalue weighted by molar-refractivity contribution is 6.03. The Labute approximate surface area is 85.0 Å². The maximum atomic E-state index is 12.9. The number of nitrogens with zero attached hydrogens (tertiary/aromatic N) is 1. The summed E-state index contributed by atoms with van der Waals surface area (Å²) in [5.74, 6) is -1.45. The van der Waals surface area contributed by atoms with Gasteiger partial charge in [0, 0.05) is 12.0 Å². The van der Waals surface area contributed by atoms with Gasteiger partial charge in [-0.3, -0.25) is 0 Å². The Morgan fingerprint density at radius 2 is 2.40 bits per heavy atom. The number of benzene rings is 1. The van der Waals surface area contributed by atoms with E-state index in [1.165, 1.54) is 12.1 Å². The van der Waals surface area contributed by atoms with Gasteiger partial charge in [-0.25, -0.2) is 9.18 Å². The van der Waals surface area contributed by atoms with Crippen LogP contribution in [0.4, 0.5) is 4.39 Å². The average molecular weight is 209 g/mol. The molecular weight excluding hydrogens is 201 g/mol.